The smallest absolute Gasteiger partial charge is 0.269 e. The third-order valence-corrected chi connectivity index (χ3v) is 7.11. The van der Waals surface area contributed by atoms with Crippen LogP contribution in [0.3, 0.4) is 0 Å². The Morgan fingerprint density at radius 1 is 1.02 bits per heavy atom. The van der Waals surface area contributed by atoms with Gasteiger partial charge in [-0.2, -0.15) is 0 Å². The number of amides is 1. The number of nitro groups is 1. The van der Waals surface area contributed by atoms with Crippen molar-refractivity contribution in [3.05, 3.63) is 117 Å². The first-order chi connectivity index (χ1) is 19.2. The highest BCUT2D eigenvalue weighted by Gasteiger charge is 2.38. The van der Waals surface area contributed by atoms with Gasteiger partial charge in [0.1, 0.15) is 16.9 Å². The summed E-state index contributed by atoms with van der Waals surface area (Å²) in [6.45, 7) is 6.08. The van der Waals surface area contributed by atoms with Crippen molar-refractivity contribution < 1.29 is 18.9 Å². The fourth-order valence-corrected chi connectivity index (χ4v) is 5.40. The fourth-order valence-electron chi connectivity index (χ4n) is 5.40. The maximum absolute atomic E-state index is 13.0. The second-order valence-electron chi connectivity index (χ2n) is 10.6. The molecule has 1 atom stereocenters. The highest BCUT2D eigenvalue weighted by atomic mass is 16.6. The van der Waals surface area contributed by atoms with Crippen LogP contribution in [-0.4, -0.2) is 21.4 Å². The topological polar surface area (TPSA) is 108 Å². The number of carbonyl (C=O) groups excluding carboxylic acids is 1. The van der Waals surface area contributed by atoms with Gasteiger partial charge in [-0.15, -0.1) is 0 Å². The number of nitrogens with one attached hydrogen (secondary N) is 1. The van der Waals surface area contributed by atoms with Gasteiger partial charge in [-0.25, -0.2) is 4.98 Å². The lowest BCUT2D eigenvalue weighted by Gasteiger charge is -2.25. The average Bonchev–Trinajstić information content (AvgIpc) is 3.50. The molecule has 0 aliphatic carbocycles. The first kappa shape index (κ1) is 25.3. The fraction of sp³-hybridized carbons (Fsp3) is 0.188. The number of nitro benzene ring substituents is 1. The van der Waals surface area contributed by atoms with E-state index in [0.717, 1.165) is 38.9 Å². The number of carbonyl (C=O) groups is 1. The largest absolute Gasteiger partial charge is 0.484 e. The molecule has 8 heteroatoms. The number of rotatable bonds is 6. The lowest BCUT2D eigenvalue weighted by Crippen LogP contribution is -2.33. The zero-order chi connectivity index (χ0) is 28.0. The molecule has 1 aliphatic rings. The molecule has 200 valence electrons. The Labute approximate surface area is 230 Å². The molecule has 1 unspecified atom stereocenters. The molecule has 1 aliphatic heterocycles. The summed E-state index contributed by atoms with van der Waals surface area (Å²) in [6, 6.07) is 23.4. The first-order valence-electron chi connectivity index (χ1n) is 13.0. The maximum atomic E-state index is 13.0. The number of oxazole rings is 1. The second kappa shape index (κ2) is 9.64. The van der Waals surface area contributed by atoms with E-state index in [0.29, 0.717) is 35.7 Å². The molecule has 40 heavy (non-hydrogen) atoms. The van der Waals surface area contributed by atoms with Gasteiger partial charge in [-0.3, -0.25) is 14.9 Å². The SMILES string of the molecule is Cc1cc2c(c(NC(=O)c3ccc([N+](=O)[O-])cc3)c1)OC(C)(Cc1cc(C)cc3nc(-c4ccccc4)oc13)C2. The van der Waals surface area contributed by atoms with E-state index < -0.39 is 10.5 Å². The third kappa shape index (κ3) is 4.80. The predicted octanol–water partition coefficient (Wildman–Crippen LogP) is 7.21. The van der Waals surface area contributed by atoms with Crippen LogP contribution in [0.1, 0.15) is 39.5 Å². The molecule has 0 spiro atoms. The second-order valence-corrected chi connectivity index (χ2v) is 10.6. The molecule has 4 aromatic carbocycles. The molecular formula is C32H27N3O5. The molecule has 0 radical (unpaired) electrons. The van der Waals surface area contributed by atoms with Gasteiger partial charge < -0.3 is 14.5 Å². The summed E-state index contributed by atoms with van der Waals surface area (Å²) in [5.41, 5.74) is 6.80. The molecule has 6 rings (SSSR count). The van der Waals surface area contributed by atoms with Gasteiger partial charge in [-0.1, -0.05) is 30.3 Å². The Hall–Kier alpha value is -4.98. The van der Waals surface area contributed by atoms with Gasteiger partial charge in [0.05, 0.1) is 10.6 Å². The van der Waals surface area contributed by atoms with Crippen LogP contribution >= 0.6 is 0 Å². The number of hydrogen-bond donors (Lipinski definition) is 1. The highest BCUT2D eigenvalue weighted by molar-refractivity contribution is 6.05. The Morgan fingerprint density at radius 3 is 2.48 bits per heavy atom. The van der Waals surface area contributed by atoms with Gasteiger partial charge in [0.15, 0.2) is 5.58 Å². The van der Waals surface area contributed by atoms with Crippen LogP contribution in [0.4, 0.5) is 11.4 Å². The summed E-state index contributed by atoms with van der Waals surface area (Å²) in [4.78, 5) is 28.2. The summed E-state index contributed by atoms with van der Waals surface area (Å²) in [5, 5.41) is 13.9. The maximum Gasteiger partial charge on any atom is 0.269 e. The molecule has 0 bridgehead atoms. The van der Waals surface area contributed by atoms with E-state index in [2.05, 4.69) is 24.4 Å². The standard InChI is InChI=1S/C32H27N3O5/c1-19-13-23(28-26(15-19)34-31(39-28)22-7-5-4-6-8-22)17-32(3)18-24-14-20(2)16-27(29(24)40-32)33-30(36)21-9-11-25(12-10-21)35(37)38/h4-16H,17-18H2,1-3H3,(H,33,36). The molecule has 1 N–H and O–H groups in total. The summed E-state index contributed by atoms with van der Waals surface area (Å²) >= 11 is 0. The molecule has 8 nitrogen and oxygen atoms in total. The summed E-state index contributed by atoms with van der Waals surface area (Å²) in [6.07, 6.45) is 1.23. The first-order valence-corrected chi connectivity index (χ1v) is 13.0. The number of non-ortho nitro benzene ring substituents is 1. The monoisotopic (exact) mass is 533 g/mol. The number of fused-ring (bicyclic) bond motifs is 2. The number of hydrogen-bond acceptors (Lipinski definition) is 6. The van der Waals surface area contributed by atoms with Crippen LogP contribution in [-0.2, 0) is 12.8 Å². The van der Waals surface area contributed by atoms with E-state index in [1.807, 2.05) is 56.3 Å². The Morgan fingerprint density at radius 2 is 1.75 bits per heavy atom. The van der Waals surface area contributed by atoms with Gasteiger partial charge in [0, 0.05) is 47.2 Å². The van der Waals surface area contributed by atoms with E-state index in [-0.39, 0.29) is 11.6 Å². The minimum atomic E-state index is -0.580. The van der Waals surface area contributed by atoms with Crippen molar-refractivity contribution in [1.29, 1.82) is 0 Å². The van der Waals surface area contributed by atoms with Crippen LogP contribution in [0.15, 0.2) is 83.3 Å². The number of ether oxygens (including phenoxy) is 1. The van der Waals surface area contributed by atoms with Crippen molar-refractivity contribution in [2.75, 3.05) is 5.32 Å². The van der Waals surface area contributed by atoms with E-state index >= 15 is 0 Å². The molecule has 5 aromatic rings. The van der Waals surface area contributed by atoms with Crippen LogP contribution in [0.5, 0.6) is 5.75 Å². The summed E-state index contributed by atoms with van der Waals surface area (Å²) < 4.78 is 12.9. The van der Waals surface area contributed by atoms with Gasteiger partial charge in [-0.05, 0) is 68.3 Å². The lowest BCUT2D eigenvalue weighted by molar-refractivity contribution is -0.384. The quantitative estimate of drug-likeness (QED) is 0.183. The van der Waals surface area contributed by atoms with Crippen LogP contribution in [0.2, 0.25) is 0 Å². The third-order valence-electron chi connectivity index (χ3n) is 7.11. The Balaban J connectivity index is 1.28. The molecule has 1 amide bonds. The highest BCUT2D eigenvalue weighted by Crippen LogP contribution is 2.44. The van der Waals surface area contributed by atoms with Crippen LogP contribution in [0.25, 0.3) is 22.6 Å². The molecule has 0 fully saturated rings. The van der Waals surface area contributed by atoms with Crippen molar-refractivity contribution in [2.24, 2.45) is 0 Å². The van der Waals surface area contributed by atoms with E-state index in [4.69, 9.17) is 14.1 Å². The minimum absolute atomic E-state index is 0.0694. The van der Waals surface area contributed by atoms with E-state index in [1.165, 1.54) is 24.3 Å². The Kier molecular flexibility index (Phi) is 6.10. The summed E-state index contributed by atoms with van der Waals surface area (Å²) in [5.74, 6) is 0.847. The van der Waals surface area contributed by atoms with Crippen molar-refractivity contribution in [3.63, 3.8) is 0 Å². The zero-order valence-electron chi connectivity index (χ0n) is 22.4. The molecule has 0 saturated heterocycles. The van der Waals surface area contributed by atoms with E-state index in [1.54, 1.807) is 0 Å². The summed E-state index contributed by atoms with van der Waals surface area (Å²) in [7, 11) is 0. The van der Waals surface area contributed by atoms with Crippen molar-refractivity contribution >= 4 is 28.4 Å². The van der Waals surface area contributed by atoms with Crippen molar-refractivity contribution in [2.45, 2.75) is 39.2 Å². The van der Waals surface area contributed by atoms with Gasteiger partial charge in [0.2, 0.25) is 5.89 Å². The minimum Gasteiger partial charge on any atom is -0.484 e. The van der Waals surface area contributed by atoms with Crippen LogP contribution in [0, 0.1) is 24.0 Å². The zero-order valence-corrected chi connectivity index (χ0v) is 22.4. The van der Waals surface area contributed by atoms with Crippen molar-refractivity contribution in [3.8, 4) is 17.2 Å². The molecule has 1 aromatic heterocycles. The number of anilines is 1. The molecule has 2 heterocycles. The Bertz CT molecular complexity index is 1780. The predicted molar refractivity (Wildman–Crippen MR) is 153 cm³/mol. The molecular weight excluding hydrogens is 506 g/mol. The average molecular weight is 534 g/mol. The number of aryl methyl sites for hydroxylation is 2. The van der Waals surface area contributed by atoms with E-state index in [9.17, 15) is 14.9 Å². The van der Waals surface area contributed by atoms with Crippen molar-refractivity contribution in [1.82, 2.24) is 4.98 Å². The normalized spacial score (nSPS) is 16.0. The number of aromatic nitrogens is 1. The van der Waals surface area contributed by atoms with Gasteiger partial charge >= 0.3 is 0 Å². The van der Waals surface area contributed by atoms with Crippen LogP contribution < -0.4 is 10.1 Å². The number of nitrogens with zero attached hydrogens (tertiary/aromatic N) is 2. The number of benzene rings is 4. The lowest BCUT2D eigenvalue weighted by atomic mass is 9.90. The molecule has 0 saturated carbocycles. The van der Waals surface area contributed by atoms with Gasteiger partial charge in [0.25, 0.3) is 11.6 Å².